The van der Waals surface area contributed by atoms with Gasteiger partial charge in [0.05, 0.1) is 0 Å². The molecule has 0 spiro atoms. The Bertz CT molecular complexity index is 1730. The Kier molecular flexibility index (Phi) is 6.87. The van der Waals surface area contributed by atoms with Gasteiger partial charge in [0.2, 0.25) is 0 Å². The van der Waals surface area contributed by atoms with Gasteiger partial charge in [-0.2, -0.15) is 0 Å². The maximum Gasteiger partial charge on any atom is 0.0434 e. The molecule has 194 valence electrons. The molecule has 41 heavy (non-hydrogen) atoms. The molecule has 6 aromatic carbocycles. The van der Waals surface area contributed by atoms with Crippen molar-refractivity contribution in [1.82, 2.24) is 0 Å². The van der Waals surface area contributed by atoms with Gasteiger partial charge in [-0.3, -0.25) is 0 Å². The lowest BCUT2D eigenvalue weighted by atomic mass is 9.91. The van der Waals surface area contributed by atoms with E-state index in [1.807, 2.05) is 11.3 Å². The topological polar surface area (TPSA) is 0 Å². The molecular formula is C40H28S. The highest BCUT2D eigenvalue weighted by molar-refractivity contribution is 7.20. The average molecular weight is 541 g/mol. The fourth-order valence-corrected chi connectivity index (χ4v) is 6.84. The molecule has 0 saturated carbocycles. The standard InChI is InChI=1S/C40H28S/c1-5-13-29(14-6-1)31-21-25-35(26-22-31)39-37(33-17-9-3-10-18-33)38(34-19-11-4-12-20-34)40(41-39)36-27-23-32(24-28-36)30-15-7-2-8-16-30/h1-28H. The zero-order valence-electron chi connectivity index (χ0n) is 22.6. The molecule has 0 atom stereocenters. The van der Waals surface area contributed by atoms with E-state index in [0.29, 0.717) is 0 Å². The fraction of sp³-hybridized carbons (Fsp3) is 0. The van der Waals surface area contributed by atoms with E-state index in [9.17, 15) is 0 Å². The molecule has 1 heteroatoms. The summed E-state index contributed by atoms with van der Waals surface area (Å²) in [6.07, 6.45) is 0. The Morgan fingerprint density at radius 1 is 0.220 bits per heavy atom. The van der Waals surface area contributed by atoms with Gasteiger partial charge in [0.1, 0.15) is 0 Å². The van der Waals surface area contributed by atoms with Crippen molar-refractivity contribution in [3.8, 4) is 65.4 Å². The van der Waals surface area contributed by atoms with Gasteiger partial charge in [-0.25, -0.2) is 0 Å². The lowest BCUT2D eigenvalue weighted by molar-refractivity contribution is 1.59. The van der Waals surface area contributed by atoms with Crippen LogP contribution in [0.15, 0.2) is 170 Å². The van der Waals surface area contributed by atoms with Crippen molar-refractivity contribution in [2.45, 2.75) is 0 Å². The van der Waals surface area contributed by atoms with Crippen molar-refractivity contribution in [1.29, 1.82) is 0 Å². The molecule has 0 bridgehead atoms. The first kappa shape index (κ1) is 25.0. The van der Waals surface area contributed by atoms with Crippen molar-refractivity contribution in [3.63, 3.8) is 0 Å². The van der Waals surface area contributed by atoms with Crippen LogP contribution in [0.5, 0.6) is 0 Å². The third-order valence-electron chi connectivity index (χ3n) is 7.54. The molecule has 0 radical (unpaired) electrons. The molecule has 0 unspecified atom stereocenters. The number of benzene rings is 6. The van der Waals surface area contributed by atoms with Crippen LogP contribution in [0.4, 0.5) is 0 Å². The number of hydrogen-bond acceptors (Lipinski definition) is 1. The second-order valence-electron chi connectivity index (χ2n) is 10.1. The van der Waals surface area contributed by atoms with Gasteiger partial charge in [-0.05, 0) is 44.5 Å². The highest BCUT2D eigenvalue weighted by atomic mass is 32.1. The maximum absolute atomic E-state index is 2.28. The Hall–Kier alpha value is -4.98. The summed E-state index contributed by atoms with van der Waals surface area (Å²) in [4.78, 5) is 2.58. The molecule has 0 fully saturated rings. The molecule has 0 N–H and O–H groups in total. The Morgan fingerprint density at radius 2 is 0.463 bits per heavy atom. The van der Waals surface area contributed by atoms with E-state index >= 15 is 0 Å². The molecule has 0 aliphatic rings. The number of rotatable bonds is 6. The van der Waals surface area contributed by atoms with Crippen molar-refractivity contribution < 1.29 is 0 Å². The van der Waals surface area contributed by atoms with Crippen LogP contribution in [-0.2, 0) is 0 Å². The van der Waals surface area contributed by atoms with Crippen LogP contribution in [0, 0.1) is 0 Å². The van der Waals surface area contributed by atoms with Gasteiger partial charge in [-0.15, -0.1) is 11.3 Å². The lowest BCUT2D eigenvalue weighted by Crippen LogP contribution is -1.86. The summed E-state index contributed by atoms with van der Waals surface area (Å²) < 4.78 is 0. The molecule has 1 aromatic heterocycles. The monoisotopic (exact) mass is 540 g/mol. The first-order chi connectivity index (χ1) is 20.3. The Balaban J connectivity index is 1.43. The summed E-state index contributed by atoms with van der Waals surface area (Å²) in [5, 5.41) is 0. The van der Waals surface area contributed by atoms with Gasteiger partial charge >= 0.3 is 0 Å². The first-order valence-electron chi connectivity index (χ1n) is 13.9. The van der Waals surface area contributed by atoms with E-state index in [1.165, 1.54) is 65.4 Å². The molecule has 0 nitrogen and oxygen atoms in total. The lowest BCUT2D eigenvalue weighted by Gasteiger charge is -2.11. The van der Waals surface area contributed by atoms with E-state index in [0.717, 1.165) is 0 Å². The van der Waals surface area contributed by atoms with Crippen LogP contribution >= 0.6 is 11.3 Å². The Morgan fingerprint density at radius 3 is 0.780 bits per heavy atom. The number of thiophene rings is 1. The fourth-order valence-electron chi connectivity index (χ4n) is 5.49. The zero-order chi connectivity index (χ0) is 27.4. The van der Waals surface area contributed by atoms with Gasteiger partial charge in [0.25, 0.3) is 0 Å². The largest absolute Gasteiger partial charge is 0.134 e. The summed E-state index contributed by atoms with van der Waals surface area (Å²) in [7, 11) is 0. The van der Waals surface area contributed by atoms with E-state index in [1.54, 1.807) is 0 Å². The van der Waals surface area contributed by atoms with E-state index in [4.69, 9.17) is 0 Å². The van der Waals surface area contributed by atoms with Gasteiger partial charge < -0.3 is 0 Å². The normalized spacial score (nSPS) is 10.9. The van der Waals surface area contributed by atoms with Crippen LogP contribution < -0.4 is 0 Å². The molecular weight excluding hydrogens is 513 g/mol. The molecule has 7 aromatic rings. The van der Waals surface area contributed by atoms with Crippen LogP contribution in [0.25, 0.3) is 65.4 Å². The van der Waals surface area contributed by atoms with Crippen molar-refractivity contribution >= 4 is 11.3 Å². The van der Waals surface area contributed by atoms with E-state index in [2.05, 4.69) is 170 Å². The third-order valence-corrected chi connectivity index (χ3v) is 8.83. The summed E-state index contributed by atoms with van der Waals surface area (Å²) in [6, 6.07) is 60.9. The highest BCUT2D eigenvalue weighted by Gasteiger charge is 2.23. The molecule has 7 rings (SSSR count). The van der Waals surface area contributed by atoms with Crippen molar-refractivity contribution in [2.24, 2.45) is 0 Å². The minimum absolute atomic E-state index is 1.23. The smallest absolute Gasteiger partial charge is 0.0434 e. The quantitative estimate of drug-likeness (QED) is 0.197. The summed E-state index contributed by atoms with van der Waals surface area (Å²) >= 11 is 1.89. The van der Waals surface area contributed by atoms with Crippen LogP contribution in [0.2, 0.25) is 0 Å². The van der Waals surface area contributed by atoms with Crippen molar-refractivity contribution in [2.75, 3.05) is 0 Å². The summed E-state index contributed by atoms with van der Waals surface area (Å²) in [5.74, 6) is 0. The summed E-state index contributed by atoms with van der Waals surface area (Å²) in [5.41, 5.74) is 12.4. The van der Waals surface area contributed by atoms with Crippen LogP contribution in [0.1, 0.15) is 0 Å². The third kappa shape index (κ3) is 5.04. The predicted molar refractivity (Wildman–Crippen MR) is 177 cm³/mol. The molecule has 0 aliphatic carbocycles. The predicted octanol–water partition coefficient (Wildman–Crippen LogP) is 11.8. The summed E-state index contributed by atoms with van der Waals surface area (Å²) in [6.45, 7) is 0. The average Bonchev–Trinajstić information content (AvgIpc) is 3.47. The molecule has 1 heterocycles. The minimum Gasteiger partial charge on any atom is -0.134 e. The number of hydrogen-bond donors (Lipinski definition) is 0. The van der Waals surface area contributed by atoms with Crippen molar-refractivity contribution in [3.05, 3.63) is 170 Å². The van der Waals surface area contributed by atoms with Crippen LogP contribution in [0.3, 0.4) is 0 Å². The minimum atomic E-state index is 1.23. The maximum atomic E-state index is 2.28. The second-order valence-corrected chi connectivity index (χ2v) is 11.1. The van der Waals surface area contributed by atoms with Gasteiger partial charge in [0.15, 0.2) is 0 Å². The Labute approximate surface area is 245 Å². The second kappa shape index (κ2) is 11.3. The zero-order valence-corrected chi connectivity index (χ0v) is 23.4. The highest BCUT2D eigenvalue weighted by Crippen LogP contribution is 2.52. The molecule has 0 amide bonds. The van der Waals surface area contributed by atoms with E-state index < -0.39 is 0 Å². The van der Waals surface area contributed by atoms with Crippen LogP contribution in [-0.4, -0.2) is 0 Å². The van der Waals surface area contributed by atoms with Gasteiger partial charge in [0, 0.05) is 20.9 Å². The first-order valence-corrected chi connectivity index (χ1v) is 14.8. The molecule has 0 aliphatic heterocycles. The van der Waals surface area contributed by atoms with E-state index in [-0.39, 0.29) is 0 Å². The SMILES string of the molecule is c1ccc(-c2ccc(-c3sc(-c4ccc(-c5ccccc5)cc4)c(-c4ccccc4)c3-c3ccccc3)cc2)cc1. The van der Waals surface area contributed by atoms with Gasteiger partial charge in [-0.1, -0.05) is 170 Å². The molecule has 0 saturated heterocycles.